The van der Waals surface area contributed by atoms with E-state index in [9.17, 15) is 0 Å². The van der Waals surface area contributed by atoms with Crippen LogP contribution >= 0.6 is 0 Å². The molecule has 1 aromatic heterocycles. The SMILES string of the molecule is c1ccc(-n2c3ccc(-c4cccc(-c5ccc6c(c5)-c5cccc7cccc(c57)O6)c4)cc3c3cc4ccccc4cc32)cc1. The van der Waals surface area contributed by atoms with E-state index in [0.717, 1.165) is 17.1 Å². The van der Waals surface area contributed by atoms with Crippen LogP contribution in [0.25, 0.3) is 82.4 Å². The average molecular weight is 586 g/mol. The third-order valence-corrected chi connectivity index (χ3v) is 9.53. The van der Waals surface area contributed by atoms with Crippen LogP contribution in [0.4, 0.5) is 0 Å². The topological polar surface area (TPSA) is 14.2 Å². The molecule has 0 amide bonds. The van der Waals surface area contributed by atoms with Crippen LogP contribution in [0.2, 0.25) is 0 Å². The molecule has 0 atom stereocenters. The highest BCUT2D eigenvalue weighted by molar-refractivity contribution is 6.14. The quantitative estimate of drug-likeness (QED) is 0.201. The Morgan fingerprint density at radius 2 is 1.02 bits per heavy atom. The number of fused-ring (bicyclic) bond motifs is 6. The van der Waals surface area contributed by atoms with Crippen LogP contribution in [0.3, 0.4) is 0 Å². The lowest BCUT2D eigenvalue weighted by Crippen LogP contribution is -1.97. The second-order valence-corrected chi connectivity index (χ2v) is 12.2. The summed E-state index contributed by atoms with van der Waals surface area (Å²) in [7, 11) is 0. The minimum Gasteiger partial charge on any atom is -0.456 e. The Balaban J connectivity index is 1.12. The van der Waals surface area contributed by atoms with Crippen molar-refractivity contribution in [2.24, 2.45) is 0 Å². The van der Waals surface area contributed by atoms with Gasteiger partial charge < -0.3 is 9.30 Å². The predicted molar refractivity (Wildman–Crippen MR) is 192 cm³/mol. The Bertz CT molecular complexity index is 2660. The Morgan fingerprint density at radius 3 is 1.87 bits per heavy atom. The molecule has 0 bridgehead atoms. The normalized spacial score (nSPS) is 12.1. The molecule has 0 saturated carbocycles. The summed E-state index contributed by atoms with van der Waals surface area (Å²) in [4.78, 5) is 0. The summed E-state index contributed by atoms with van der Waals surface area (Å²) < 4.78 is 8.76. The zero-order chi connectivity index (χ0) is 30.2. The minimum atomic E-state index is 0.902. The number of nitrogens with zero attached hydrogens (tertiary/aromatic N) is 1. The zero-order valence-corrected chi connectivity index (χ0v) is 24.9. The van der Waals surface area contributed by atoms with E-state index < -0.39 is 0 Å². The van der Waals surface area contributed by atoms with E-state index in [0.29, 0.717) is 0 Å². The van der Waals surface area contributed by atoms with Gasteiger partial charge in [0.15, 0.2) is 0 Å². The number of rotatable bonds is 3. The molecule has 1 aliphatic rings. The fraction of sp³-hybridized carbons (Fsp3) is 0. The monoisotopic (exact) mass is 585 g/mol. The summed E-state index contributed by atoms with van der Waals surface area (Å²) >= 11 is 0. The lowest BCUT2D eigenvalue weighted by molar-refractivity contribution is 0.487. The molecule has 8 aromatic carbocycles. The minimum absolute atomic E-state index is 0.902. The molecule has 0 aliphatic carbocycles. The van der Waals surface area contributed by atoms with Gasteiger partial charge in [0, 0.05) is 27.4 Å². The van der Waals surface area contributed by atoms with Crippen molar-refractivity contribution >= 4 is 43.4 Å². The van der Waals surface area contributed by atoms with Gasteiger partial charge in [-0.15, -0.1) is 0 Å². The van der Waals surface area contributed by atoms with E-state index in [1.54, 1.807) is 0 Å². The maximum absolute atomic E-state index is 6.37. The molecule has 0 radical (unpaired) electrons. The summed E-state index contributed by atoms with van der Waals surface area (Å²) in [6.07, 6.45) is 0. The van der Waals surface area contributed by atoms with E-state index >= 15 is 0 Å². The molecule has 214 valence electrons. The standard InChI is InChI=1S/C44H27NO/c1-2-15-35(16-3-1)45-40-21-19-33(25-37(40)38-24-31-9-4-5-10-32(31)27-41(38)45)29-13-6-14-30(23-29)34-20-22-42-39(26-34)36-17-7-11-28-12-8-18-43(46-42)44(28)36/h1-27H. The van der Waals surface area contributed by atoms with Crippen molar-refractivity contribution in [3.05, 3.63) is 164 Å². The first-order valence-corrected chi connectivity index (χ1v) is 15.8. The molecule has 1 aliphatic heterocycles. The van der Waals surface area contributed by atoms with E-state index in [2.05, 4.69) is 168 Å². The van der Waals surface area contributed by atoms with Crippen LogP contribution in [-0.4, -0.2) is 4.57 Å². The fourth-order valence-electron chi connectivity index (χ4n) is 7.36. The average Bonchev–Trinajstić information content (AvgIpc) is 3.43. The Hall–Kier alpha value is -6.12. The third-order valence-electron chi connectivity index (χ3n) is 9.53. The number of hydrogen-bond donors (Lipinski definition) is 0. The van der Waals surface area contributed by atoms with E-state index in [1.165, 1.54) is 76.9 Å². The number of ether oxygens (including phenoxy) is 1. The first-order valence-electron chi connectivity index (χ1n) is 15.8. The van der Waals surface area contributed by atoms with Gasteiger partial charge >= 0.3 is 0 Å². The lowest BCUT2D eigenvalue weighted by Gasteiger charge is -2.22. The number of para-hydroxylation sites is 1. The molecule has 0 unspecified atom stereocenters. The molecular weight excluding hydrogens is 558 g/mol. The molecule has 0 fully saturated rings. The Morgan fingerprint density at radius 1 is 0.370 bits per heavy atom. The van der Waals surface area contributed by atoms with Gasteiger partial charge in [-0.3, -0.25) is 0 Å². The highest BCUT2D eigenvalue weighted by atomic mass is 16.5. The number of hydrogen-bond acceptors (Lipinski definition) is 1. The van der Waals surface area contributed by atoms with Crippen LogP contribution in [0.5, 0.6) is 11.5 Å². The van der Waals surface area contributed by atoms with Gasteiger partial charge in [0.25, 0.3) is 0 Å². The molecule has 2 heteroatoms. The van der Waals surface area contributed by atoms with Crippen LogP contribution in [0.1, 0.15) is 0 Å². The fourth-order valence-corrected chi connectivity index (χ4v) is 7.36. The maximum Gasteiger partial charge on any atom is 0.135 e. The molecule has 46 heavy (non-hydrogen) atoms. The van der Waals surface area contributed by atoms with Crippen molar-refractivity contribution in [3.8, 4) is 50.6 Å². The van der Waals surface area contributed by atoms with Crippen molar-refractivity contribution in [2.75, 3.05) is 0 Å². The van der Waals surface area contributed by atoms with Gasteiger partial charge in [-0.05, 0) is 105 Å². The summed E-state index contributed by atoms with van der Waals surface area (Å²) in [5, 5.41) is 7.40. The smallest absolute Gasteiger partial charge is 0.135 e. The molecular formula is C44H27NO. The predicted octanol–water partition coefficient (Wildman–Crippen LogP) is 12.2. The van der Waals surface area contributed by atoms with E-state index in [4.69, 9.17) is 4.74 Å². The van der Waals surface area contributed by atoms with Crippen molar-refractivity contribution in [2.45, 2.75) is 0 Å². The highest BCUT2D eigenvalue weighted by Crippen LogP contribution is 2.47. The van der Waals surface area contributed by atoms with Crippen molar-refractivity contribution in [3.63, 3.8) is 0 Å². The van der Waals surface area contributed by atoms with E-state index in [1.807, 2.05) is 0 Å². The van der Waals surface area contributed by atoms with Gasteiger partial charge in [0.05, 0.1) is 11.0 Å². The van der Waals surface area contributed by atoms with E-state index in [-0.39, 0.29) is 0 Å². The Kier molecular flexibility index (Phi) is 5.31. The van der Waals surface area contributed by atoms with Crippen LogP contribution < -0.4 is 4.74 Å². The third kappa shape index (κ3) is 3.77. The molecule has 10 rings (SSSR count). The first kappa shape index (κ1) is 25.2. The molecule has 2 heterocycles. The van der Waals surface area contributed by atoms with Gasteiger partial charge in [0.2, 0.25) is 0 Å². The lowest BCUT2D eigenvalue weighted by atomic mass is 9.91. The second-order valence-electron chi connectivity index (χ2n) is 12.2. The molecule has 0 spiro atoms. The van der Waals surface area contributed by atoms with Crippen molar-refractivity contribution in [1.82, 2.24) is 4.57 Å². The van der Waals surface area contributed by atoms with Gasteiger partial charge in [0.1, 0.15) is 11.5 Å². The summed E-state index contributed by atoms with van der Waals surface area (Å²) in [5.74, 6) is 1.83. The summed E-state index contributed by atoms with van der Waals surface area (Å²) in [6.45, 7) is 0. The zero-order valence-electron chi connectivity index (χ0n) is 24.9. The molecule has 0 saturated heterocycles. The molecule has 0 N–H and O–H groups in total. The Labute approximate surface area is 266 Å². The second kappa shape index (κ2) is 9.69. The molecule has 9 aromatic rings. The first-order chi connectivity index (χ1) is 22.8. The van der Waals surface area contributed by atoms with Crippen LogP contribution in [0.15, 0.2) is 164 Å². The van der Waals surface area contributed by atoms with Crippen molar-refractivity contribution < 1.29 is 4.74 Å². The number of aromatic nitrogens is 1. The highest BCUT2D eigenvalue weighted by Gasteiger charge is 2.20. The largest absolute Gasteiger partial charge is 0.456 e. The summed E-state index contributed by atoms with van der Waals surface area (Å²) in [5.41, 5.74) is 10.7. The molecule has 2 nitrogen and oxygen atoms in total. The van der Waals surface area contributed by atoms with Gasteiger partial charge in [-0.2, -0.15) is 0 Å². The maximum atomic E-state index is 6.37. The van der Waals surface area contributed by atoms with Crippen molar-refractivity contribution in [1.29, 1.82) is 0 Å². The summed E-state index contributed by atoms with van der Waals surface area (Å²) in [6, 6.07) is 59.1. The van der Waals surface area contributed by atoms with Gasteiger partial charge in [-0.1, -0.05) is 103 Å². The van der Waals surface area contributed by atoms with Crippen LogP contribution in [-0.2, 0) is 0 Å². The van der Waals surface area contributed by atoms with Crippen LogP contribution in [0, 0.1) is 0 Å². The van der Waals surface area contributed by atoms with Gasteiger partial charge in [-0.25, -0.2) is 0 Å². The number of benzene rings is 8.